The van der Waals surface area contributed by atoms with Crippen molar-refractivity contribution < 1.29 is 0 Å². The molecule has 0 atom stereocenters. The highest BCUT2D eigenvalue weighted by atomic mass is 14.8. The van der Waals surface area contributed by atoms with Crippen molar-refractivity contribution >= 4 is 6.08 Å². The van der Waals surface area contributed by atoms with Gasteiger partial charge in [0.25, 0.3) is 0 Å². The van der Waals surface area contributed by atoms with E-state index in [2.05, 4.69) is 16.4 Å². The maximum absolute atomic E-state index is 3.08. The zero-order valence-electron chi connectivity index (χ0n) is 7.46. The molecule has 0 aliphatic heterocycles. The van der Waals surface area contributed by atoms with Crippen molar-refractivity contribution in [2.45, 2.75) is 6.92 Å². The van der Waals surface area contributed by atoms with Crippen LogP contribution >= 0.6 is 0 Å². The third kappa shape index (κ3) is 2.31. The van der Waals surface area contributed by atoms with E-state index in [0.717, 1.165) is 5.70 Å². The van der Waals surface area contributed by atoms with Crippen molar-refractivity contribution in [3.63, 3.8) is 0 Å². The van der Waals surface area contributed by atoms with Crippen LogP contribution in [0.4, 0.5) is 0 Å². The van der Waals surface area contributed by atoms with Crippen LogP contribution in [-0.4, -0.2) is 12.0 Å². The standard InChI is InChI=1S/C10H14N2/c1-3-10(11-2)5-4-9-6-7-12-8-9/h3-8,11-12H,1-2H3/b5-4-,10-3+. The van der Waals surface area contributed by atoms with Crippen LogP contribution in [0.2, 0.25) is 0 Å². The molecule has 12 heavy (non-hydrogen) atoms. The molecule has 0 aliphatic rings. The Morgan fingerprint density at radius 2 is 2.42 bits per heavy atom. The molecule has 1 aromatic heterocycles. The number of likely N-dealkylation sites (N-methyl/N-ethyl adjacent to an activating group) is 1. The first kappa shape index (κ1) is 8.65. The number of aromatic nitrogens is 1. The van der Waals surface area contributed by atoms with Gasteiger partial charge in [0, 0.05) is 25.1 Å². The van der Waals surface area contributed by atoms with E-state index in [-0.39, 0.29) is 0 Å². The predicted molar refractivity (Wildman–Crippen MR) is 52.6 cm³/mol. The second-order valence-corrected chi connectivity index (χ2v) is 2.47. The topological polar surface area (TPSA) is 27.8 Å². The lowest BCUT2D eigenvalue weighted by Gasteiger charge is -1.96. The molecule has 0 fully saturated rings. The Morgan fingerprint density at radius 3 is 2.92 bits per heavy atom. The molecule has 0 aliphatic carbocycles. The lowest BCUT2D eigenvalue weighted by Crippen LogP contribution is -2.01. The fourth-order valence-electron chi connectivity index (χ4n) is 0.950. The van der Waals surface area contributed by atoms with Crippen LogP contribution in [0.25, 0.3) is 6.08 Å². The molecule has 64 valence electrons. The van der Waals surface area contributed by atoms with Gasteiger partial charge in [-0.3, -0.25) is 0 Å². The summed E-state index contributed by atoms with van der Waals surface area (Å²) in [5, 5.41) is 3.08. The zero-order valence-corrected chi connectivity index (χ0v) is 7.46. The summed E-state index contributed by atoms with van der Waals surface area (Å²) < 4.78 is 0. The molecule has 0 bridgehead atoms. The Bertz CT molecular complexity index is 268. The third-order valence-corrected chi connectivity index (χ3v) is 1.68. The van der Waals surface area contributed by atoms with Crippen molar-refractivity contribution in [2.75, 3.05) is 7.05 Å². The molecule has 0 spiro atoms. The number of allylic oxidation sites excluding steroid dienone is 2. The molecule has 2 nitrogen and oxygen atoms in total. The molecule has 2 N–H and O–H groups in total. The lowest BCUT2D eigenvalue weighted by molar-refractivity contribution is 1.03. The fourth-order valence-corrected chi connectivity index (χ4v) is 0.950. The van der Waals surface area contributed by atoms with Crippen molar-refractivity contribution in [1.82, 2.24) is 10.3 Å². The molecule has 0 saturated carbocycles. The Hall–Kier alpha value is -1.44. The number of nitrogens with one attached hydrogen (secondary N) is 2. The number of aromatic amines is 1. The molecular weight excluding hydrogens is 148 g/mol. The summed E-state index contributed by atoms with van der Waals surface area (Å²) in [6.45, 7) is 2.01. The first-order valence-corrected chi connectivity index (χ1v) is 4.01. The molecule has 1 heterocycles. The van der Waals surface area contributed by atoms with E-state index in [1.807, 2.05) is 44.6 Å². The first-order valence-electron chi connectivity index (χ1n) is 4.01. The average Bonchev–Trinajstić information content (AvgIpc) is 2.59. The highest BCUT2D eigenvalue weighted by Gasteiger charge is 1.85. The number of hydrogen-bond donors (Lipinski definition) is 2. The predicted octanol–water partition coefficient (Wildman–Crippen LogP) is 2.15. The van der Waals surface area contributed by atoms with Gasteiger partial charge in [0.2, 0.25) is 0 Å². The van der Waals surface area contributed by atoms with Crippen LogP contribution in [0, 0.1) is 0 Å². The van der Waals surface area contributed by atoms with Crippen molar-refractivity contribution in [1.29, 1.82) is 0 Å². The molecular formula is C10H14N2. The van der Waals surface area contributed by atoms with Crippen LogP contribution in [0.15, 0.2) is 36.3 Å². The average molecular weight is 162 g/mol. The molecule has 0 aromatic carbocycles. The van der Waals surface area contributed by atoms with E-state index in [9.17, 15) is 0 Å². The summed E-state index contributed by atoms with van der Waals surface area (Å²) in [6, 6.07) is 2.03. The van der Waals surface area contributed by atoms with E-state index in [1.54, 1.807) is 0 Å². The largest absolute Gasteiger partial charge is 0.388 e. The summed E-state index contributed by atoms with van der Waals surface area (Å²) >= 11 is 0. The van der Waals surface area contributed by atoms with E-state index < -0.39 is 0 Å². The Labute approximate surface area is 73.0 Å². The van der Waals surface area contributed by atoms with Crippen LogP contribution in [-0.2, 0) is 0 Å². The van der Waals surface area contributed by atoms with Crippen LogP contribution < -0.4 is 5.32 Å². The highest BCUT2D eigenvalue weighted by molar-refractivity contribution is 5.51. The van der Waals surface area contributed by atoms with Crippen LogP contribution in [0.1, 0.15) is 12.5 Å². The minimum Gasteiger partial charge on any atom is -0.388 e. The lowest BCUT2D eigenvalue weighted by atomic mass is 10.3. The minimum atomic E-state index is 1.12. The van der Waals surface area contributed by atoms with Gasteiger partial charge in [0.15, 0.2) is 0 Å². The normalized spacial score (nSPS) is 12.3. The van der Waals surface area contributed by atoms with Crippen molar-refractivity contribution in [2.24, 2.45) is 0 Å². The van der Waals surface area contributed by atoms with Gasteiger partial charge in [-0.2, -0.15) is 0 Å². The SMILES string of the molecule is C/C=C(\C=C/c1cc[nH]c1)NC. The molecule has 0 amide bonds. The third-order valence-electron chi connectivity index (χ3n) is 1.68. The van der Waals surface area contributed by atoms with Crippen LogP contribution in [0.5, 0.6) is 0 Å². The first-order chi connectivity index (χ1) is 5.86. The van der Waals surface area contributed by atoms with E-state index >= 15 is 0 Å². The number of rotatable bonds is 3. The van der Waals surface area contributed by atoms with E-state index in [0.29, 0.717) is 0 Å². The van der Waals surface area contributed by atoms with Gasteiger partial charge >= 0.3 is 0 Å². The second kappa shape index (κ2) is 4.44. The summed E-state index contributed by atoms with van der Waals surface area (Å²) in [7, 11) is 1.91. The molecule has 0 unspecified atom stereocenters. The second-order valence-electron chi connectivity index (χ2n) is 2.47. The van der Waals surface area contributed by atoms with Gasteiger partial charge in [-0.15, -0.1) is 0 Å². The van der Waals surface area contributed by atoms with Gasteiger partial charge in [-0.25, -0.2) is 0 Å². The Balaban J connectivity index is 2.62. The monoisotopic (exact) mass is 162 g/mol. The minimum absolute atomic E-state index is 1.12. The maximum Gasteiger partial charge on any atom is 0.0294 e. The summed E-state index contributed by atoms with van der Waals surface area (Å²) in [5.74, 6) is 0. The van der Waals surface area contributed by atoms with Crippen molar-refractivity contribution in [3.8, 4) is 0 Å². The smallest absolute Gasteiger partial charge is 0.0294 e. The Morgan fingerprint density at radius 1 is 1.58 bits per heavy atom. The molecule has 0 saturated heterocycles. The zero-order chi connectivity index (χ0) is 8.81. The van der Waals surface area contributed by atoms with Crippen LogP contribution in [0.3, 0.4) is 0 Å². The Kier molecular flexibility index (Phi) is 3.20. The van der Waals surface area contributed by atoms with E-state index in [4.69, 9.17) is 0 Å². The van der Waals surface area contributed by atoms with Gasteiger partial charge < -0.3 is 10.3 Å². The fraction of sp³-hybridized carbons (Fsp3) is 0.200. The number of H-pyrrole nitrogens is 1. The molecule has 1 aromatic rings. The summed E-state index contributed by atoms with van der Waals surface area (Å²) in [6.07, 6.45) is 10.0. The van der Waals surface area contributed by atoms with E-state index in [1.165, 1.54) is 5.56 Å². The molecule has 0 radical (unpaired) electrons. The highest BCUT2D eigenvalue weighted by Crippen LogP contribution is 2.01. The van der Waals surface area contributed by atoms with Gasteiger partial charge in [-0.05, 0) is 24.6 Å². The van der Waals surface area contributed by atoms with Gasteiger partial charge in [-0.1, -0.05) is 12.2 Å². The molecule has 2 heteroatoms. The number of hydrogen-bond acceptors (Lipinski definition) is 1. The van der Waals surface area contributed by atoms with Gasteiger partial charge in [0.1, 0.15) is 0 Å². The van der Waals surface area contributed by atoms with Crippen molar-refractivity contribution in [3.05, 3.63) is 41.9 Å². The maximum atomic E-state index is 3.08. The summed E-state index contributed by atoms with van der Waals surface area (Å²) in [4.78, 5) is 3.00. The molecule has 1 rings (SSSR count). The van der Waals surface area contributed by atoms with Gasteiger partial charge in [0.05, 0.1) is 0 Å². The summed E-state index contributed by atoms with van der Waals surface area (Å²) in [5.41, 5.74) is 2.31. The quantitative estimate of drug-likeness (QED) is 0.655.